The average Bonchev–Trinajstić information content (AvgIpc) is 2.48. The summed E-state index contributed by atoms with van der Waals surface area (Å²) in [5.41, 5.74) is 0.00661. The Hall–Kier alpha value is -2.02. The van der Waals surface area contributed by atoms with E-state index in [4.69, 9.17) is 0 Å². The van der Waals surface area contributed by atoms with E-state index in [1.807, 2.05) is 0 Å². The number of halogens is 2. The maximum atomic E-state index is 13.0. The molecule has 0 heterocycles. The van der Waals surface area contributed by atoms with Crippen LogP contribution in [0.15, 0.2) is 18.2 Å². The third-order valence-electron chi connectivity index (χ3n) is 3.69. The van der Waals surface area contributed by atoms with Crippen molar-refractivity contribution in [3.05, 3.63) is 29.8 Å². The molecule has 120 valence electrons. The average molecular weight is 312 g/mol. The van der Waals surface area contributed by atoms with Gasteiger partial charge in [-0.1, -0.05) is 6.42 Å². The molecule has 5 nitrogen and oxygen atoms in total. The summed E-state index contributed by atoms with van der Waals surface area (Å²) in [5.74, 6) is -3.77. The molecule has 0 aromatic heterocycles. The standard InChI is InChI=1S/C15H18F2N2O3/c16-12-5-4-10(7-13(12)17)19-15(22)14(21)18-8-9-2-1-3-11(20)6-9/h4-5,7,9,11,20H,1-3,6,8H2,(H,18,21)(H,19,22). The lowest BCUT2D eigenvalue weighted by atomic mass is 9.87. The van der Waals surface area contributed by atoms with Crippen LogP contribution in [0.4, 0.5) is 14.5 Å². The second-order valence-corrected chi connectivity index (χ2v) is 5.48. The van der Waals surface area contributed by atoms with Crippen molar-refractivity contribution >= 4 is 17.5 Å². The number of nitrogens with one attached hydrogen (secondary N) is 2. The molecule has 3 N–H and O–H groups in total. The monoisotopic (exact) mass is 312 g/mol. The first-order valence-corrected chi connectivity index (χ1v) is 7.18. The fourth-order valence-electron chi connectivity index (χ4n) is 2.53. The maximum absolute atomic E-state index is 13.0. The molecule has 2 unspecified atom stereocenters. The van der Waals surface area contributed by atoms with Crippen LogP contribution in [0.25, 0.3) is 0 Å². The van der Waals surface area contributed by atoms with Gasteiger partial charge in [-0.25, -0.2) is 8.78 Å². The van der Waals surface area contributed by atoms with Crippen LogP contribution >= 0.6 is 0 Å². The Bertz CT molecular complexity index is 566. The molecule has 7 heteroatoms. The van der Waals surface area contributed by atoms with E-state index >= 15 is 0 Å². The number of aliphatic hydroxyl groups excluding tert-OH is 1. The van der Waals surface area contributed by atoms with Crippen molar-refractivity contribution in [2.24, 2.45) is 5.92 Å². The Morgan fingerprint density at radius 2 is 1.95 bits per heavy atom. The zero-order valence-electron chi connectivity index (χ0n) is 11.9. The number of anilines is 1. The summed E-state index contributed by atoms with van der Waals surface area (Å²) in [6.07, 6.45) is 2.79. The molecule has 2 amide bonds. The Morgan fingerprint density at radius 3 is 2.64 bits per heavy atom. The van der Waals surface area contributed by atoms with Crippen LogP contribution in [0, 0.1) is 17.6 Å². The Labute approximate surface area is 126 Å². The molecule has 2 atom stereocenters. The molecular formula is C15H18F2N2O3. The molecule has 0 saturated heterocycles. The van der Waals surface area contributed by atoms with Gasteiger partial charge in [0, 0.05) is 18.3 Å². The first-order valence-electron chi connectivity index (χ1n) is 7.18. The van der Waals surface area contributed by atoms with E-state index in [2.05, 4.69) is 10.6 Å². The summed E-state index contributed by atoms with van der Waals surface area (Å²) >= 11 is 0. The third-order valence-corrected chi connectivity index (χ3v) is 3.69. The number of carbonyl (C=O) groups is 2. The first-order chi connectivity index (χ1) is 10.5. The normalized spacial score (nSPS) is 21.2. The van der Waals surface area contributed by atoms with Gasteiger partial charge in [0.15, 0.2) is 11.6 Å². The fraction of sp³-hybridized carbons (Fsp3) is 0.467. The molecule has 2 rings (SSSR count). The molecule has 0 radical (unpaired) electrons. The van der Waals surface area contributed by atoms with Crippen molar-refractivity contribution < 1.29 is 23.5 Å². The number of amides is 2. The Balaban J connectivity index is 1.81. The van der Waals surface area contributed by atoms with Gasteiger partial charge < -0.3 is 15.7 Å². The summed E-state index contributed by atoms with van der Waals surface area (Å²) in [5, 5.41) is 14.2. The van der Waals surface area contributed by atoms with Crippen LogP contribution in [0.5, 0.6) is 0 Å². The molecule has 1 aromatic rings. The van der Waals surface area contributed by atoms with Gasteiger partial charge in [0.05, 0.1) is 6.10 Å². The predicted molar refractivity (Wildman–Crippen MR) is 76.0 cm³/mol. The van der Waals surface area contributed by atoms with Gasteiger partial charge in [0.1, 0.15) is 0 Å². The minimum atomic E-state index is -1.10. The predicted octanol–water partition coefficient (Wildman–Crippen LogP) is 1.57. The van der Waals surface area contributed by atoms with Crippen LogP contribution in [-0.2, 0) is 9.59 Å². The zero-order chi connectivity index (χ0) is 16.1. The van der Waals surface area contributed by atoms with E-state index in [1.165, 1.54) is 6.07 Å². The quantitative estimate of drug-likeness (QED) is 0.741. The number of carbonyl (C=O) groups excluding carboxylic acids is 2. The minimum Gasteiger partial charge on any atom is -0.393 e. The molecule has 1 aromatic carbocycles. The third kappa shape index (κ3) is 4.49. The lowest BCUT2D eigenvalue weighted by molar-refractivity contribution is -0.136. The molecule has 0 bridgehead atoms. The lowest BCUT2D eigenvalue weighted by Crippen LogP contribution is -2.39. The van der Waals surface area contributed by atoms with E-state index in [1.54, 1.807) is 0 Å². The Kier molecular flexibility index (Phi) is 5.43. The van der Waals surface area contributed by atoms with Gasteiger partial charge in [-0.05, 0) is 37.3 Å². The van der Waals surface area contributed by atoms with E-state index in [0.717, 1.165) is 31.4 Å². The Morgan fingerprint density at radius 1 is 1.18 bits per heavy atom. The van der Waals surface area contributed by atoms with Crippen molar-refractivity contribution in [2.75, 3.05) is 11.9 Å². The molecule has 0 aliphatic heterocycles. The van der Waals surface area contributed by atoms with Crippen LogP contribution in [-0.4, -0.2) is 29.6 Å². The largest absolute Gasteiger partial charge is 0.393 e. The van der Waals surface area contributed by atoms with Gasteiger partial charge in [-0.3, -0.25) is 9.59 Å². The van der Waals surface area contributed by atoms with E-state index in [-0.39, 0.29) is 17.7 Å². The van der Waals surface area contributed by atoms with Gasteiger partial charge in [0.25, 0.3) is 0 Å². The molecule has 1 fully saturated rings. The molecule has 1 aliphatic carbocycles. The molecule has 1 saturated carbocycles. The van der Waals surface area contributed by atoms with Crippen LogP contribution < -0.4 is 10.6 Å². The number of rotatable bonds is 3. The highest BCUT2D eigenvalue weighted by Crippen LogP contribution is 2.23. The zero-order valence-corrected chi connectivity index (χ0v) is 11.9. The van der Waals surface area contributed by atoms with Crippen molar-refractivity contribution in [3.8, 4) is 0 Å². The summed E-state index contributed by atoms with van der Waals surface area (Å²) in [4.78, 5) is 23.3. The first kappa shape index (κ1) is 16.4. The summed E-state index contributed by atoms with van der Waals surface area (Å²) in [6, 6.07) is 2.84. The number of hydrogen-bond donors (Lipinski definition) is 3. The second-order valence-electron chi connectivity index (χ2n) is 5.48. The molecule has 22 heavy (non-hydrogen) atoms. The topological polar surface area (TPSA) is 78.4 Å². The molecule has 1 aliphatic rings. The highest BCUT2D eigenvalue weighted by molar-refractivity contribution is 6.39. The van der Waals surface area contributed by atoms with Crippen molar-refractivity contribution in [2.45, 2.75) is 31.8 Å². The van der Waals surface area contributed by atoms with E-state index in [0.29, 0.717) is 13.0 Å². The van der Waals surface area contributed by atoms with Crippen LogP contribution in [0.1, 0.15) is 25.7 Å². The number of hydrogen-bond acceptors (Lipinski definition) is 3. The summed E-state index contributed by atoms with van der Waals surface area (Å²) in [7, 11) is 0. The maximum Gasteiger partial charge on any atom is 0.313 e. The second kappa shape index (κ2) is 7.31. The van der Waals surface area contributed by atoms with Crippen molar-refractivity contribution in [1.82, 2.24) is 5.32 Å². The van der Waals surface area contributed by atoms with Gasteiger partial charge in [-0.2, -0.15) is 0 Å². The summed E-state index contributed by atoms with van der Waals surface area (Å²) < 4.78 is 25.8. The fourth-order valence-corrected chi connectivity index (χ4v) is 2.53. The summed E-state index contributed by atoms with van der Waals surface area (Å²) in [6.45, 7) is 0.307. The molecule has 0 spiro atoms. The van der Waals surface area contributed by atoms with Crippen molar-refractivity contribution in [3.63, 3.8) is 0 Å². The van der Waals surface area contributed by atoms with Gasteiger partial charge in [-0.15, -0.1) is 0 Å². The van der Waals surface area contributed by atoms with E-state index in [9.17, 15) is 23.5 Å². The molecular weight excluding hydrogens is 294 g/mol. The minimum absolute atomic E-state index is 0.00661. The highest BCUT2D eigenvalue weighted by Gasteiger charge is 2.22. The number of aliphatic hydroxyl groups is 1. The van der Waals surface area contributed by atoms with Gasteiger partial charge in [0.2, 0.25) is 0 Å². The van der Waals surface area contributed by atoms with E-state index < -0.39 is 23.4 Å². The smallest absolute Gasteiger partial charge is 0.313 e. The van der Waals surface area contributed by atoms with Gasteiger partial charge >= 0.3 is 11.8 Å². The van der Waals surface area contributed by atoms with Crippen LogP contribution in [0.3, 0.4) is 0 Å². The van der Waals surface area contributed by atoms with Crippen molar-refractivity contribution in [1.29, 1.82) is 0 Å². The lowest BCUT2D eigenvalue weighted by Gasteiger charge is -2.25. The SMILES string of the molecule is O=C(NCC1CCCC(O)C1)C(=O)Nc1ccc(F)c(F)c1. The number of benzene rings is 1. The van der Waals surface area contributed by atoms with Crippen LogP contribution in [0.2, 0.25) is 0 Å². The highest BCUT2D eigenvalue weighted by atomic mass is 19.2.